The lowest BCUT2D eigenvalue weighted by molar-refractivity contribution is 0.380. The predicted molar refractivity (Wildman–Crippen MR) is 81.3 cm³/mol. The molecule has 4 rings (SSSR count). The molecule has 1 aliphatic heterocycles. The van der Waals surface area contributed by atoms with Crippen molar-refractivity contribution in [1.82, 2.24) is 18.8 Å². The summed E-state index contributed by atoms with van der Waals surface area (Å²) in [6.07, 6.45) is 2.28. The molecule has 0 bridgehead atoms. The van der Waals surface area contributed by atoms with E-state index in [1.165, 1.54) is 22.5 Å². The molecule has 0 aliphatic carbocycles. The van der Waals surface area contributed by atoms with E-state index >= 15 is 0 Å². The minimum Gasteiger partial charge on any atom is -0.408 e. The minimum absolute atomic E-state index is 0.110. The third kappa shape index (κ3) is 2.20. The Morgan fingerprint density at radius 1 is 1.35 bits per heavy atom. The molecule has 23 heavy (non-hydrogen) atoms. The molecule has 1 aromatic carbocycles. The fraction of sp³-hybridized carbons (Fsp3) is 0.286. The number of sulfonamides is 1. The van der Waals surface area contributed by atoms with Crippen LogP contribution in [0.15, 0.2) is 38.6 Å². The molecule has 0 amide bonds. The predicted octanol–water partition coefficient (Wildman–Crippen LogP) is 0.602. The number of aromatic nitrogens is 3. The first-order valence-corrected chi connectivity index (χ1v) is 8.51. The summed E-state index contributed by atoms with van der Waals surface area (Å²) in [4.78, 5) is 18.1. The van der Waals surface area contributed by atoms with Gasteiger partial charge < -0.3 is 8.98 Å². The minimum atomic E-state index is -3.67. The van der Waals surface area contributed by atoms with Crippen molar-refractivity contribution < 1.29 is 12.8 Å². The van der Waals surface area contributed by atoms with E-state index in [2.05, 4.69) is 9.97 Å². The molecule has 0 fully saturated rings. The van der Waals surface area contributed by atoms with Crippen LogP contribution in [0, 0.1) is 0 Å². The van der Waals surface area contributed by atoms with Crippen LogP contribution in [-0.2, 0) is 30.0 Å². The second-order valence-corrected chi connectivity index (χ2v) is 7.45. The first-order chi connectivity index (χ1) is 10.9. The second-order valence-electron chi connectivity index (χ2n) is 5.51. The number of nitrogens with one attached hydrogen (secondary N) is 1. The van der Waals surface area contributed by atoms with E-state index in [4.69, 9.17) is 4.42 Å². The van der Waals surface area contributed by atoms with Gasteiger partial charge in [-0.1, -0.05) is 0 Å². The number of rotatable bonds is 2. The molecule has 0 unspecified atom stereocenters. The quantitative estimate of drug-likeness (QED) is 0.739. The normalized spacial score (nSPS) is 15.9. The Balaban J connectivity index is 1.74. The summed E-state index contributed by atoms with van der Waals surface area (Å²) < 4.78 is 33.9. The molecule has 3 heterocycles. The van der Waals surface area contributed by atoms with Gasteiger partial charge in [-0.3, -0.25) is 4.98 Å². The molecule has 1 aliphatic rings. The average molecular weight is 334 g/mol. The monoisotopic (exact) mass is 334 g/mol. The first kappa shape index (κ1) is 14.2. The van der Waals surface area contributed by atoms with Gasteiger partial charge in [-0.15, -0.1) is 0 Å². The lowest BCUT2D eigenvalue weighted by Crippen LogP contribution is -2.36. The van der Waals surface area contributed by atoms with Gasteiger partial charge >= 0.3 is 5.76 Å². The van der Waals surface area contributed by atoms with Gasteiger partial charge in [-0.25, -0.2) is 18.2 Å². The van der Waals surface area contributed by atoms with E-state index in [0.29, 0.717) is 18.5 Å². The van der Waals surface area contributed by atoms with Crippen LogP contribution in [0.2, 0.25) is 0 Å². The van der Waals surface area contributed by atoms with E-state index in [0.717, 1.165) is 11.4 Å². The summed E-state index contributed by atoms with van der Waals surface area (Å²) in [6, 6.07) is 4.38. The highest BCUT2D eigenvalue weighted by atomic mass is 32.2. The van der Waals surface area contributed by atoms with Gasteiger partial charge in [-0.2, -0.15) is 4.31 Å². The Labute approximate surface area is 131 Å². The van der Waals surface area contributed by atoms with Crippen molar-refractivity contribution in [3.63, 3.8) is 0 Å². The fourth-order valence-corrected chi connectivity index (χ4v) is 4.25. The van der Waals surface area contributed by atoms with Gasteiger partial charge in [0.2, 0.25) is 10.0 Å². The number of fused-ring (bicyclic) bond motifs is 2. The van der Waals surface area contributed by atoms with E-state index in [1.54, 1.807) is 6.33 Å². The molecule has 8 nitrogen and oxygen atoms in total. The number of imidazole rings is 1. The number of aromatic amines is 1. The van der Waals surface area contributed by atoms with Crippen LogP contribution in [0.3, 0.4) is 0 Å². The number of nitrogens with zero attached hydrogens (tertiary/aromatic N) is 3. The van der Waals surface area contributed by atoms with Gasteiger partial charge in [0.25, 0.3) is 0 Å². The molecular formula is C14H14N4O4S. The molecule has 0 saturated heterocycles. The number of aryl methyl sites for hydroxylation is 1. The summed E-state index contributed by atoms with van der Waals surface area (Å²) >= 11 is 0. The second kappa shape index (κ2) is 4.80. The molecule has 2 aromatic heterocycles. The molecule has 0 atom stereocenters. The number of H-pyrrole nitrogens is 1. The van der Waals surface area contributed by atoms with Gasteiger partial charge in [-0.05, 0) is 12.1 Å². The van der Waals surface area contributed by atoms with Gasteiger partial charge in [0.1, 0.15) is 0 Å². The van der Waals surface area contributed by atoms with Crippen LogP contribution < -0.4 is 5.76 Å². The molecule has 0 saturated carbocycles. The number of hydrogen-bond acceptors (Lipinski definition) is 5. The Bertz CT molecular complexity index is 1060. The zero-order valence-corrected chi connectivity index (χ0v) is 13.1. The van der Waals surface area contributed by atoms with Crippen LogP contribution in [-0.4, -0.2) is 33.8 Å². The molecule has 3 aromatic rings. The summed E-state index contributed by atoms with van der Waals surface area (Å²) in [5.41, 5.74) is 2.54. The third-order valence-electron chi connectivity index (χ3n) is 4.10. The molecule has 1 N–H and O–H groups in total. The smallest absolute Gasteiger partial charge is 0.408 e. The maximum atomic E-state index is 12.8. The van der Waals surface area contributed by atoms with Crippen LogP contribution in [0.1, 0.15) is 11.4 Å². The third-order valence-corrected chi connectivity index (χ3v) is 5.94. The maximum absolute atomic E-state index is 12.8. The Morgan fingerprint density at radius 3 is 3.00 bits per heavy atom. The molecule has 0 radical (unpaired) electrons. The van der Waals surface area contributed by atoms with Crippen molar-refractivity contribution in [2.75, 3.05) is 6.54 Å². The van der Waals surface area contributed by atoms with Crippen molar-refractivity contribution in [1.29, 1.82) is 0 Å². The van der Waals surface area contributed by atoms with Crippen molar-refractivity contribution >= 4 is 21.1 Å². The molecular weight excluding hydrogens is 320 g/mol. The Kier molecular flexibility index (Phi) is 2.97. The zero-order valence-electron chi connectivity index (χ0n) is 12.3. The Morgan fingerprint density at radius 2 is 2.17 bits per heavy atom. The number of oxazole rings is 1. The highest BCUT2D eigenvalue weighted by Crippen LogP contribution is 2.25. The van der Waals surface area contributed by atoms with E-state index < -0.39 is 15.8 Å². The molecule has 120 valence electrons. The molecule has 9 heteroatoms. The number of benzene rings is 1. The summed E-state index contributed by atoms with van der Waals surface area (Å²) in [7, 11) is -1.82. The van der Waals surface area contributed by atoms with Crippen molar-refractivity contribution in [3.05, 3.63) is 46.5 Å². The summed E-state index contributed by atoms with van der Waals surface area (Å²) in [6.45, 7) is 0.657. The maximum Gasteiger partial charge on any atom is 0.417 e. The summed E-state index contributed by atoms with van der Waals surface area (Å²) in [5.74, 6) is -0.605. The van der Waals surface area contributed by atoms with Crippen LogP contribution in [0.5, 0.6) is 0 Å². The van der Waals surface area contributed by atoms with Gasteiger partial charge in [0.05, 0.1) is 34.7 Å². The van der Waals surface area contributed by atoms with Crippen molar-refractivity contribution in [2.45, 2.75) is 17.9 Å². The lowest BCUT2D eigenvalue weighted by atomic mass is 10.2. The van der Waals surface area contributed by atoms with E-state index in [-0.39, 0.29) is 17.0 Å². The van der Waals surface area contributed by atoms with Crippen LogP contribution in [0.4, 0.5) is 0 Å². The highest BCUT2D eigenvalue weighted by Gasteiger charge is 2.30. The topological polar surface area (TPSA) is 101 Å². The van der Waals surface area contributed by atoms with Crippen molar-refractivity contribution in [2.24, 2.45) is 7.05 Å². The van der Waals surface area contributed by atoms with Crippen LogP contribution >= 0.6 is 0 Å². The van der Waals surface area contributed by atoms with Gasteiger partial charge in [0, 0.05) is 26.1 Å². The average Bonchev–Trinajstić information content (AvgIpc) is 3.08. The Hall–Kier alpha value is -2.39. The van der Waals surface area contributed by atoms with Gasteiger partial charge in [0.15, 0.2) is 5.58 Å². The van der Waals surface area contributed by atoms with Crippen molar-refractivity contribution in [3.8, 4) is 0 Å². The number of hydrogen-bond donors (Lipinski definition) is 1. The standard InChI is InChI=1S/C14H14N4O4S/c1-17-8-15-10-4-5-18(7-12(10)17)23(20,21)9-2-3-11-13(6-9)22-14(19)16-11/h2-3,6,8H,4-5,7H2,1H3,(H,16,19). The summed E-state index contributed by atoms with van der Waals surface area (Å²) in [5, 5.41) is 0. The first-order valence-electron chi connectivity index (χ1n) is 7.07. The van der Waals surface area contributed by atoms with E-state index in [1.807, 2.05) is 11.6 Å². The lowest BCUT2D eigenvalue weighted by Gasteiger charge is -2.26. The SMILES string of the molecule is Cn1cnc2c1CN(S(=O)(=O)c1ccc3[nH]c(=O)oc3c1)CC2. The van der Waals surface area contributed by atoms with Crippen LogP contribution in [0.25, 0.3) is 11.1 Å². The molecule has 0 spiro atoms. The largest absolute Gasteiger partial charge is 0.417 e. The highest BCUT2D eigenvalue weighted by molar-refractivity contribution is 7.89. The van der Waals surface area contributed by atoms with E-state index in [9.17, 15) is 13.2 Å². The fourth-order valence-electron chi connectivity index (χ4n) is 2.83. The zero-order chi connectivity index (χ0) is 16.2.